The fourth-order valence-electron chi connectivity index (χ4n) is 3.29. The normalized spacial score (nSPS) is 24.2. The summed E-state index contributed by atoms with van der Waals surface area (Å²) in [5.41, 5.74) is 3.11. The third kappa shape index (κ3) is 2.74. The quantitative estimate of drug-likeness (QED) is 0.896. The molecule has 0 bridgehead atoms. The average Bonchev–Trinajstić information content (AvgIpc) is 2.94. The first-order valence-corrected chi connectivity index (χ1v) is 7.61. The van der Waals surface area contributed by atoms with E-state index in [1.165, 1.54) is 49.5 Å². The predicted octanol–water partition coefficient (Wildman–Crippen LogP) is 3.70. The third-order valence-electron chi connectivity index (χ3n) is 4.24. The van der Waals surface area contributed by atoms with Crippen LogP contribution in [0.15, 0.2) is 22.7 Å². The predicted molar refractivity (Wildman–Crippen MR) is 75.3 cm³/mol. The van der Waals surface area contributed by atoms with Gasteiger partial charge in [-0.15, -0.1) is 0 Å². The van der Waals surface area contributed by atoms with Crippen molar-refractivity contribution in [1.82, 2.24) is 5.32 Å². The summed E-state index contributed by atoms with van der Waals surface area (Å²) in [5.74, 6) is 0.819. The zero-order valence-electron chi connectivity index (χ0n) is 10.2. The van der Waals surface area contributed by atoms with Crippen LogP contribution in [-0.2, 0) is 12.8 Å². The number of rotatable bonds is 3. The van der Waals surface area contributed by atoms with Crippen LogP contribution >= 0.6 is 15.9 Å². The van der Waals surface area contributed by atoms with Crippen LogP contribution in [-0.4, -0.2) is 12.6 Å². The fraction of sp³-hybridized carbons (Fsp3) is 0.600. The van der Waals surface area contributed by atoms with Crippen molar-refractivity contribution in [1.29, 1.82) is 0 Å². The summed E-state index contributed by atoms with van der Waals surface area (Å²) in [6, 6.07) is 7.57. The molecular weight excluding hydrogens is 274 g/mol. The monoisotopic (exact) mass is 293 g/mol. The van der Waals surface area contributed by atoms with E-state index in [9.17, 15) is 0 Å². The van der Waals surface area contributed by atoms with Crippen molar-refractivity contribution in [3.05, 3.63) is 33.8 Å². The molecule has 1 saturated carbocycles. The molecule has 1 aromatic carbocycles. The lowest BCUT2D eigenvalue weighted by molar-refractivity contribution is 0.439. The van der Waals surface area contributed by atoms with Gasteiger partial charge in [0, 0.05) is 10.5 Å². The van der Waals surface area contributed by atoms with E-state index in [2.05, 4.69) is 39.4 Å². The largest absolute Gasteiger partial charge is 0.314 e. The lowest BCUT2D eigenvalue weighted by Gasteiger charge is -2.15. The molecule has 0 aromatic heterocycles. The second kappa shape index (κ2) is 5.11. The maximum Gasteiger partial charge on any atom is 0.0178 e. The van der Waals surface area contributed by atoms with Gasteiger partial charge in [-0.1, -0.05) is 34.8 Å². The SMILES string of the molecule is Brc1ccc2c(c1)CC(CNC1CCCC1)C2. The van der Waals surface area contributed by atoms with Gasteiger partial charge in [-0.25, -0.2) is 0 Å². The lowest BCUT2D eigenvalue weighted by Crippen LogP contribution is -2.31. The molecule has 2 aliphatic carbocycles. The van der Waals surface area contributed by atoms with Gasteiger partial charge in [0.25, 0.3) is 0 Å². The molecule has 1 aromatic rings. The van der Waals surface area contributed by atoms with Crippen molar-refractivity contribution in [2.24, 2.45) is 5.92 Å². The molecule has 0 amide bonds. The van der Waals surface area contributed by atoms with Crippen LogP contribution in [0.25, 0.3) is 0 Å². The molecule has 1 unspecified atom stereocenters. The summed E-state index contributed by atoms with van der Waals surface area (Å²) in [5, 5.41) is 3.76. The molecule has 1 fully saturated rings. The molecule has 0 heterocycles. The Morgan fingerprint density at radius 1 is 1.12 bits per heavy atom. The van der Waals surface area contributed by atoms with E-state index in [0.717, 1.165) is 12.0 Å². The molecule has 0 saturated heterocycles. The highest BCUT2D eigenvalue weighted by Crippen LogP contribution is 2.29. The molecule has 1 atom stereocenters. The first-order chi connectivity index (χ1) is 8.31. The Bertz CT molecular complexity index is 396. The maximum atomic E-state index is 3.76. The van der Waals surface area contributed by atoms with Crippen LogP contribution in [0.5, 0.6) is 0 Å². The summed E-state index contributed by atoms with van der Waals surface area (Å²) in [7, 11) is 0. The minimum absolute atomic E-state index is 0.811. The van der Waals surface area contributed by atoms with Gasteiger partial charge in [0.2, 0.25) is 0 Å². The first kappa shape index (κ1) is 11.7. The number of benzene rings is 1. The molecule has 2 heteroatoms. The van der Waals surface area contributed by atoms with Crippen LogP contribution in [0, 0.1) is 5.92 Å². The Balaban J connectivity index is 1.55. The molecule has 0 spiro atoms. The van der Waals surface area contributed by atoms with E-state index < -0.39 is 0 Å². The van der Waals surface area contributed by atoms with Crippen LogP contribution < -0.4 is 5.32 Å². The van der Waals surface area contributed by atoms with Crippen LogP contribution in [0.3, 0.4) is 0 Å². The molecular formula is C15H20BrN. The maximum absolute atomic E-state index is 3.76. The van der Waals surface area contributed by atoms with E-state index in [0.29, 0.717) is 0 Å². The van der Waals surface area contributed by atoms with Crippen molar-refractivity contribution < 1.29 is 0 Å². The van der Waals surface area contributed by atoms with Gasteiger partial charge in [0.05, 0.1) is 0 Å². The second-order valence-corrected chi connectivity index (χ2v) is 6.49. The number of halogens is 1. The second-order valence-electron chi connectivity index (χ2n) is 5.58. The van der Waals surface area contributed by atoms with E-state index in [-0.39, 0.29) is 0 Å². The average molecular weight is 294 g/mol. The minimum Gasteiger partial charge on any atom is -0.314 e. The van der Waals surface area contributed by atoms with Crippen molar-refractivity contribution in [3.8, 4) is 0 Å². The summed E-state index contributed by atoms with van der Waals surface area (Å²) < 4.78 is 1.22. The van der Waals surface area contributed by atoms with Gasteiger partial charge >= 0.3 is 0 Å². The Hall–Kier alpha value is -0.340. The Morgan fingerprint density at radius 3 is 2.71 bits per heavy atom. The number of hydrogen-bond acceptors (Lipinski definition) is 1. The van der Waals surface area contributed by atoms with Gasteiger partial charge < -0.3 is 5.32 Å². The molecule has 3 rings (SSSR count). The lowest BCUT2D eigenvalue weighted by atomic mass is 10.1. The molecule has 2 aliphatic rings. The third-order valence-corrected chi connectivity index (χ3v) is 4.73. The van der Waals surface area contributed by atoms with Crippen LogP contribution in [0.2, 0.25) is 0 Å². The highest BCUT2D eigenvalue weighted by atomic mass is 79.9. The van der Waals surface area contributed by atoms with Gasteiger partial charge in [-0.3, -0.25) is 0 Å². The summed E-state index contributed by atoms with van der Waals surface area (Å²) >= 11 is 3.56. The number of fused-ring (bicyclic) bond motifs is 1. The zero-order chi connectivity index (χ0) is 11.7. The number of nitrogens with one attached hydrogen (secondary N) is 1. The van der Waals surface area contributed by atoms with Gasteiger partial charge in [0.1, 0.15) is 0 Å². The summed E-state index contributed by atoms with van der Waals surface area (Å²) in [6.07, 6.45) is 8.16. The Labute approximate surface area is 112 Å². The molecule has 1 N–H and O–H groups in total. The molecule has 1 nitrogen and oxygen atoms in total. The van der Waals surface area contributed by atoms with Gasteiger partial charge in [0.15, 0.2) is 0 Å². The van der Waals surface area contributed by atoms with Crippen molar-refractivity contribution in [2.75, 3.05) is 6.54 Å². The van der Waals surface area contributed by atoms with E-state index in [1.807, 2.05) is 0 Å². The van der Waals surface area contributed by atoms with E-state index in [4.69, 9.17) is 0 Å². The van der Waals surface area contributed by atoms with Crippen LogP contribution in [0.1, 0.15) is 36.8 Å². The van der Waals surface area contributed by atoms with Gasteiger partial charge in [-0.05, 0) is 61.4 Å². The van der Waals surface area contributed by atoms with Crippen molar-refractivity contribution in [2.45, 2.75) is 44.6 Å². The highest BCUT2D eigenvalue weighted by Gasteiger charge is 2.23. The Morgan fingerprint density at radius 2 is 1.88 bits per heavy atom. The zero-order valence-corrected chi connectivity index (χ0v) is 11.8. The van der Waals surface area contributed by atoms with Gasteiger partial charge in [-0.2, -0.15) is 0 Å². The van der Waals surface area contributed by atoms with Crippen molar-refractivity contribution in [3.63, 3.8) is 0 Å². The Kier molecular flexibility index (Phi) is 3.53. The molecule has 0 radical (unpaired) electrons. The summed E-state index contributed by atoms with van der Waals surface area (Å²) in [4.78, 5) is 0. The standard InChI is InChI=1S/C15H20BrN/c16-14-6-5-12-7-11(8-13(12)9-14)10-17-15-3-1-2-4-15/h5-6,9,11,15,17H,1-4,7-8,10H2. The molecule has 17 heavy (non-hydrogen) atoms. The van der Waals surface area contributed by atoms with Crippen molar-refractivity contribution >= 4 is 15.9 Å². The number of hydrogen-bond donors (Lipinski definition) is 1. The first-order valence-electron chi connectivity index (χ1n) is 6.82. The van der Waals surface area contributed by atoms with E-state index >= 15 is 0 Å². The highest BCUT2D eigenvalue weighted by molar-refractivity contribution is 9.10. The smallest absolute Gasteiger partial charge is 0.0178 e. The van der Waals surface area contributed by atoms with E-state index in [1.54, 1.807) is 11.1 Å². The molecule has 92 valence electrons. The topological polar surface area (TPSA) is 12.0 Å². The molecule has 0 aliphatic heterocycles. The van der Waals surface area contributed by atoms with Crippen LogP contribution in [0.4, 0.5) is 0 Å². The summed E-state index contributed by atoms with van der Waals surface area (Å²) in [6.45, 7) is 1.21. The fourth-order valence-corrected chi connectivity index (χ4v) is 3.69. The minimum atomic E-state index is 0.811.